The third kappa shape index (κ3) is 3.10. The van der Waals surface area contributed by atoms with Crippen molar-refractivity contribution in [3.63, 3.8) is 0 Å². The predicted octanol–water partition coefficient (Wildman–Crippen LogP) is 2.90. The summed E-state index contributed by atoms with van der Waals surface area (Å²) in [6.07, 6.45) is 0.403. The number of esters is 1. The highest BCUT2D eigenvalue weighted by atomic mass is 16.6. The second kappa shape index (κ2) is 5.11. The maximum Gasteiger partial charge on any atom is 0.336 e. The largest absolute Gasteiger partial charge is 0.458 e. The van der Waals surface area contributed by atoms with Gasteiger partial charge in [0.1, 0.15) is 5.60 Å². The lowest BCUT2D eigenvalue weighted by molar-refractivity contribution is -0.166. The number of benzene rings is 1. The first-order valence-electron chi connectivity index (χ1n) is 6.37. The average molecular weight is 248 g/mol. The van der Waals surface area contributed by atoms with Gasteiger partial charge in [0, 0.05) is 12.5 Å². The van der Waals surface area contributed by atoms with Gasteiger partial charge in [-0.25, -0.2) is 4.79 Å². The molecular weight excluding hydrogens is 228 g/mol. The van der Waals surface area contributed by atoms with Crippen molar-refractivity contribution in [1.29, 1.82) is 0 Å². The van der Waals surface area contributed by atoms with Gasteiger partial charge < -0.3 is 9.47 Å². The standard InChI is InChI=1S/C15H20O3/c1-15(2,3)18-14(16)13-12(9-10-17-13)11-7-5-4-6-8-11/h4-8,12-13H,9-10H2,1-3H3/t12-,13+/m0/s1. The van der Waals surface area contributed by atoms with Crippen LogP contribution in [0.1, 0.15) is 38.7 Å². The van der Waals surface area contributed by atoms with Crippen LogP contribution in [0.15, 0.2) is 30.3 Å². The van der Waals surface area contributed by atoms with Crippen LogP contribution in [0.4, 0.5) is 0 Å². The monoisotopic (exact) mass is 248 g/mol. The molecule has 2 atom stereocenters. The van der Waals surface area contributed by atoms with E-state index in [0.717, 1.165) is 12.0 Å². The number of ether oxygens (including phenoxy) is 2. The minimum atomic E-state index is -0.468. The van der Waals surface area contributed by atoms with Gasteiger partial charge in [0.25, 0.3) is 0 Å². The molecule has 98 valence electrons. The molecule has 1 aliphatic heterocycles. The first kappa shape index (κ1) is 13.1. The van der Waals surface area contributed by atoms with Crippen LogP contribution in [0.2, 0.25) is 0 Å². The first-order valence-corrected chi connectivity index (χ1v) is 6.37. The Morgan fingerprint density at radius 2 is 1.94 bits per heavy atom. The molecule has 3 heteroatoms. The molecule has 0 radical (unpaired) electrons. The Morgan fingerprint density at radius 3 is 2.56 bits per heavy atom. The Labute approximate surface area is 108 Å². The Hall–Kier alpha value is -1.35. The third-order valence-electron chi connectivity index (χ3n) is 2.96. The highest BCUT2D eigenvalue weighted by Crippen LogP contribution is 2.32. The van der Waals surface area contributed by atoms with Crippen molar-refractivity contribution in [3.05, 3.63) is 35.9 Å². The van der Waals surface area contributed by atoms with E-state index in [9.17, 15) is 4.79 Å². The Balaban J connectivity index is 2.11. The Kier molecular flexibility index (Phi) is 3.71. The number of hydrogen-bond donors (Lipinski definition) is 0. The normalized spacial score (nSPS) is 23.9. The lowest BCUT2D eigenvalue weighted by Gasteiger charge is -2.24. The van der Waals surface area contributed by atoms with Crippen LogP contribution in [-0.4, -0.2) is 24.3 Å². The van der Waals surface area contributed by atoms with Gasteiger partial charge in [0.05, 0.1) is 0 Å². The third-order valence-corrected chi connectivity index (χ3v) is 2.96. The van der Waals surface area contributed by atoms with Crippen LogP contribution in [-0.2, 0) is 14.3 Å². The van der Waals surface area contributed by atoms with Crippen LogP contribution in [0.5, 0.6) is 0 Å². The van der Waals surface area contributed by atoms with Crippen LogP contribution < -0.4 is 0 Å². The molecule has 3 nitrogen and oxygen atoms in total. The Bertz CT molecular complexity index is 405. The topological polar surface area (TPSA) is 35.5 Å². The predicted molar refractivity (Wildman–Crippen MR) is 69.4 cm³/mol. The molecule has 2 rings (SSSR count). The fourth-order valence-electron chi connectivity index (χ4n) is 2.22. The maximum absolute atomic E-state index is 12.1. The molecular formula is C15H20O3. The Morgan fingerprint density at radius 1 is 1.28 bits per heavy atom. The number of carbonyl (C=O) groups is 1. The lowest BCUT2D eigenvalue weighted by atomic mass is 9.92. The molecule has 18 heavy (non-hydrogen) atoms. The molecule has 1 fully saturated rings. The van der Waals surface area contributed by atoms with Crippen molar-refractivity contribution in [3.8, 4) is 0 Å². The van der Waals surface area contributed by atoms with E-state index < -0.39 is 11.7 Å². The minimum Gasteiger partial charge on any atom is -0.458 e. The molecule has 1 aromatic rings. The summed E-state index contributed by atoms with van der Waals surface area (Å²) in [4.78, 5) is 12.1. The smallest absolute Gasteiger partial charge is 0.336 e. The van der Waals surface area contributed by atoms with E-state index in [1.165, 1.54) is 0 Å². The molecule has 0 saturated carbocycles. The number of hydrogen-bond acceptors (Lipinski definition) is 3. The second-order valence-electron chi connectivity index (χ2n) is 5.63. The van der Waals surface area contributed by atoms with Crippen LogP contribution in [0, 0.1) is 0 Å². The zero-order valence-corrected chi connectivity index (χ0v) is 11.2. The van der Waals surface area contributed by atoms with E-state index in [2.05, 4.69) is 0 Å². The van der Waals surface area contributed by atoms with Crippen LogP contribution >= 0.6 is 0 Å². The summed E-state index contributed by atoms with van der Waals surface area (Å²) < 4.78 is 11.0. The lowest BCUT2D eigenvalue weighted by Crippen LogP contribution is -2.34. The second-order valence-corrected chi connectivity index (χ2v) is 5.63. The summed E-state index contributed by atoms with van der Waals surface area (Å²) in [6.45, 7) is 6.23. The molecule has 0 N–H and O–H groups in total. The average Bonchev–Trinajstić information content (AvgIpc) is 2.76. The molecule has 0 amide bonds. The quantitative estimate of drug-likeness (QED) is 0.755. The van der Waals surface area contributed by atoms with Crippen molar-refractivity contribution in [2.24, 2.45) is 0 Å². The first-order chi connectivity index (χ1) is 8.47. The summed E-state index contributed by atoms with van der Waals surface area (Å²) in [5.74, 6) is -0.144. The van der Waals surface area contributed by atoms with Crippen molar-refractivity contribution in [1.82, 2.24) is 0 Å². The van der Waals surface area contributed by atoms with Crippen molar-refractivity contribution >= 4 is 5.97 Å². The summed E-state index contributed by atoms with van der Waals surface area (Å²) in [6, 6.07) is 10.0. The highest BCUT2D eigenvalue weighted by Gasteiger charge is 2.37. The fraction of sp³-hybridized carbons (Fsp3) is 0.533. The summed E-state index contributed by atoms with van der Waals surface area (Å²) in [5, 5.41) is 0. The van der Waals surface area contributed by atoms with Gasteiger partial charge in [-0.1, -0.05) is 30.3 Å². The van der Waals surface area contributed by atoms with Crippen LogP contribution in [0.3, 0.4) is 0 Å². The highest BCUT2D eigenvalue weighted by molar-refractivity contribution is 5.77. The molecule has 1 saturated heterocycles. The molecule has 0 spiro atoms. The molecule has 0 aliphatic carbocycles. The van der Waals surface area contributed by atoms with Crippen molar-refractivity contribution in [2.75, 3.05) is 6.61 Å². The van der Waals surface area contributed by atoms with E-state index in [4.69, 9.17) is 9.47 Å². The van der Waals surface area contributed by atoms with Gasteiger partial charge in [-0.05, 0) is 32.8 Å². The van der Waals surface area contributed by atoms with Gasteiger partial charge in [0.2, 0.25) is 0 Å². The van der Waals surface area contributed by atoms with E-state index in [0.29, 0.717) is 6.61 Å². The summed E-state index contributed by atoms with van der Waals surface area (Å²) >= 11 is 0. The molecule has 1 aliphatic rings. The van der Waals surface area contributed by atoms with Gasteiger partial charge in [-0.15, -0.1) is 0 Å². The van der Waals surface area contributed by atoms with E-state index in [1.54, 1.807) is 0 Å². The molecule has 0 unspecified atom stereocenters. The van der Waals surface area contributed by atoms with E-state index in [1.807, 2.05) is 51.1 Å². The molecule has 1 aromatic carbocycles. The SMILES string of the molecule is CC(C)(C)OC(=O)[C@@H]1OCC[C@H]1c1ccccc1. The minimum absolute atomic E-state index is 0.112. The van der Waals surface area contributed by atoms with Crippen molar-refractivity contribution in [2.45, 2.75) is 44.8 Å². The molecule has 0 aromatic heterocycles. The molecule has 0 bridgehead atoms. The number of rotatable bonds is 2. The van der Waals surface area contributed by atoms with Gasteiger partial charge >= 0.3 is 5.97 Å². The van der Waals surface area contributed by atoms with Crippen molar-refractivity contribution < 1.29 is 14.3 Å². The maximum atomic E-state index is 12.1. The van der Waals surface area contributed by atoms with E-state index in [-0.39, 0.29) is 11.9 Å². The zero-order chi connectivity index (χ0) is 13.2. The number of carbonyl (C=O) groups excluding carboxylic acids is 1. The van der Waals surface area contributed by atoms with Gasteiger partial charge in [-0.3, -0.25) is 0 Å². The van der Waals surface area contributed by atoms with E-state index >= 15 is 0 Å². The zero-order valence-electron chi connectivity index (χ0n) is 11.2. The van der Waals surface area contributed by atoms with Gasteiger partial charge in [0.15, 0.2) is 6.10 Å². The summed E-state index contributed by atoms with van der Waals surface area (Å²) in [7, 11) is 0. The summed E-state index contributed by atoms with van der Waals surface area (Å²) in [5.41, 5.74) is 0.676. The fourth-order valence-corrected chi connectivity index (χ4v) is 2.22. The molecule has 1 heterocycles. The van der Waals surface area contributed by atoms with Gasteiger partial charge in [-0.2, -0.15) is 0 Å². The van der Waals surface area contributed by atoms with Crippen LogP contribution in [0.25, 0.3) is 0 Å².